The molecule has 2 fully saturated rings. The number of anilines is 2. The standard InChI is InChI=1S/C16H24N6O5S/c1-3-27-16(23)21-6-4-20(5-7-21)15-17-12(2)13(22(24)25)14(18-15)19-8-10-28(26)11-9-19/h3-11H2,1-2H3. The van der Waals surface area contributed by atoms with Gasteiger partial charge in [-0.15, -0.1) is 0 Å². The van der Waals surface area contributed by atoms with E-state index in [-0.39, 0.29) is 17.6 Å². The first-order valence-electron chi connectivity index (χ1n) is 9.20. The molecule has 0 aliphatic carbocycles. The molecule has 12 heteroatoms. The first-order valence-corrected chi connectivity index (χ1v) is 10.7. The fourth-order valence-corrected chi connectivity index (χ4v) is 4.32. The van der Waals surface area contributed by atoms with Crippen molar-refractivity contribution < 1.29 is 18.7 Å². The summed E-state index contributed by atoms with van der Waals surface area (Å²) in [5.74, 6) is 1.62. The molecule has 0 aromatic carbocycles. The SMILES string of the molecule is CCOC(=O)N1CCN(c2nc(C)c([N+](=O)[O-])c(N3CCS(=O)CC3)n2)CC1. The highest BCUT2D eigenvalue weighted by Crippen LogP contribution is 2.31. The van der Waals surface area contributed by atoms with E-state index in [2.05, 4.69) is 9.97 Å². The molecule has 0 spiro atoms. The quantitative estimate of drug-likeness (QED) is 0.515. The van der Waals surface area contributed by atoms with Gasteiger partial charge in [0.2, 0.25) is 11.8 Å². The smallest absolute Gasteiger partial charge is 0.409 e. The zero-order valence-corrected chi connectivity index (χ0v) is 16.8. The van der Waals surface area contributed by atoms with Gasteiger partial charge >= 0.3 is 11.8 Å². The van der Waals surface area contributed by atoms with E-state index in [4.69, 9.17) is 4.74 Å². The van der Waals surface area contributed by atoms with Gasteiger partial charge in [-0.05, 0) is 13.8 Å². The average Bonchev–Trinajstić information content (AvgIpc) is 2.68. The fourth-order valence-electron chi connectivity index (χ4n) is 3.27. The molecule has 0 radical (unpaired) electrons. The topological polar surface area (TPSA) is 122 Å². The predicted octanol–water partition coefficient (Wildman–Crippen LogP) is 0.540. The summed E-state index contributed by atoms with van der Waals surface area (Å²) < 4.78 is 16.7. The number of piperazine rings is 1. The van der Waals surface area contributed by atoms with Crippen LogP contribution >= 0.6 is 0 Å². The minimum Gasteiger partial charge on any atom is -0.450 e. The fraction of sp³-hybridized carbons (Fsp3) is 0.688. The van der Waals surface area contributed by atoms with E-state index in [1.807, 2.05) is 9.80 Å². The number of hydrogen-bond donors (Lipinski definition) is 0. The summed E-state index contributed by atoms with van der Waals surface area (Å²) in [5.41, 5.74) is 0.186. The van der Waals surface area contributed by atoms with Gasteiger partial charge in [-0.2, -0.15) is 4.98 Å². The average molecular weight is 412 g/mol. The van der Waals surface area contributed by atoms with E-state index >= 15 is 0 Å². The maximum absolute atomic E-state index is 11.8. The van der Waals surface area contributed by atoms with E-state index in [1.165, 1.54) is 0 Å². The number of rotatable bonds is 4. The Morgan fingerprint density at radius 3 is 2.36 bits per heavy atom. The summed E-state index contributed by atoms with van der Waals surface area (Å²) in [6.07, 6.45) is -0.343. The highest BCUT2D eigenvalue weighted by atomic mass is 32.2. The lowest BCUT2D eigenvalue weighted by molar-refractivity contribution is -0.385. The molecule has 28 heavy (non-hydrogen) atoms. The number of carbonyl (C=O) groups excluding carboxylic acids is 1. The molecule has 0 bridgehead atoms. The van der Waals surface area contributed by atoms with E-state index < -0.39 is 15.7 Å². The molecule has 3 heterocycles. The second kappa shape index (κ2) is 8.67. The zero-order chi connectivity index (χ0) is 20.3. The second-order valence-corrected chi connectivity index (χ2v) is 8.24. The molecule has 2 aliphatic heterocycles. The summed E-state index contributed by atoms with van der Waals surface area (Å²) in [7, 11) is -0.892. The summed E-state index contributed by atoms with van der Waals surface area (Å²) in [6.45, 7) is 6.57. The van der Waals surface area contributed by atoms with Crippen molar-refractivity contribution in [2.75, 3.05) is 67.2 Å². The van der Waals surface area contributed by atoms with Crippen molar-refractivity contribution in [1.82, 2.24) is 14.9 Å². The van der Waals surface area contributed by atoms with Crippen LogP contribution in [0.5, 0.6) is 0 Å². The van der Waals surface area contributed by atoms with Crippen LogP contribution in [0, 0.1) is 17.0 Å². The lowest BCUT2D eigenvalue weighted by Gasteiger charge is -2.34. The summed E-state index contributed by atoms with van der Waals surface area (Å²) in [4.78, 5) is 37.2. The van der Waals surface area contributed by atoms with E-state index in [0.29, 0.717) is 69.0 Å². The minimum atomic E-state index is -0.892. The molecule has 2 aliphatic rings. The lowest BCUT2D eigenvalue weighted by Crippen LogP contribution is -2.49. The third-order valence-corrected chi connectivity index (χ3v) is 6.05. The highest BCUT2D eigenvalue weighted by molar-refractivity contribution is 7.85. The van der Waals surface area contributed by atoms with E-state index in [0.717, 1.165) is 0 Å². The Labute approximate surface area is 165 Å². The molecule has 154 valence electrons. The molecular formula is C16H24N6O5S. The van der Waals surface area contributed by atoms with Crippen molar-refractivity contribution >= 4 is 34.3 Å². The molecule has 1 aromatic rings. The van der Waals surface area contributed by atoms with Gasteiger partial charge in [-0.25, -0.2) is 9.78 Å². The summed E-state index contributed by atoms with van der Waals surface area (Å²) in [5, 5.41) is 11.6. The van der Waals surface area contributed by atoms with Crippen LogP contribution in [0.15, 0.2) is 0 Å². The minimum absolute atomic E-state index is 0.110. The third kappa shape index (κ3) is 4.32. The van der Waals surface area contributed by atoms with Crippen molar-refractivity contribution in [1.29, 1.82) is 0 Å². The van der Waals surface area contributed by atoms with E-state index in [1.54, 1.807) is 18.7 Å². The van der Waals surface area contributed by atoms with Crippen molar-refractivity contribution in [3.05, 3.63) is 15.8 Å². The number of ether oxygens (including phenoxy) is 1. The molecule has 0 N–H and O–H groups in total. The molecule has 0 atom stereocenters. The molecule has 1 amide bonds. The molecule has 3 rings (SSSR count). The Balaban J connectivity index is 1.82. The molecule has 11 nitrogen and oxygen atoms in total. The van der Waals surface area contributed by atoms with Crippen molar-refractivity contribution in [3.8, 4) is 0 Å². The van der Waals surface area contributed by atoms with Crippen LogP contribution in [-0.2, 0) is 15.5 Å². The number of aryl methyl sites for hydroxylation is 1. The summed E-state index contributed by atoms with van der Waals surface area (Å²) >= 11 is 0. The molecular weight excluding hydrogens is 388 g/mol. The van der Waals surface area contributed by atoms with Crippen LogP contribution in [0.1, 0.15) is 12.6 Å². The summed E-state index contributed by atoms with van der Waals surface area (Å²) in [6, 6.07) is 0. The molecule has 1 aromatic heterocycles. The number of amides is 1. The van der Waals surface area contributed by atoms with Crippen LogP contribution in [0.2, 0.25) is 0 Å². The van der Waals surface area contributed by atoms with E-state index in [9.17, 15) is 19.1 Å². The number of carbonyl (C=O) groups is 1. The van der Waals surface area contributed by atoms with Gasteiger partial charge in [-0.1, -0.05) is 0 Å². The Hall–Kier alpha value is -2.50. The van der Waals surface area contributed by atoms with Gasteiger partial charge in [-0.3, -0.25) is 14.3 Å². The predicted molar refractivity (Wildman–Crippen MR) is 104 cm³/mol. The van der Waals surface area contributed by atoms with Gasteiger partial charge in [0.15, 0.2) is 0 Å². The van der Waals surface area contributed by atoms with Crippen molar-refractivity contribution in [2.24, 2.45) is 0 Å². The lowest BCUT2D eigenvalue weighted by atomic mass is 10.3. The maximum atomic E-state index is 11.8. The highest BCUT2D eigenvalue weighted by Gasteiger charge is 2.31. The maximum Gasteiger partial charge on any atom is 0.409 e. The van der Waals surface area contributed by atoms with Gasteiger partial charge in [0, 0.05) is 61.6 Å². The zero-order valence-electron chi connectivity index (χ0n) is 16.0. The van der Waals surface area contributed by atoms with Crippen LogP contribution in [0.3, 0.4) is 0 Å². The normalized spacial score (nSPS) is 18.3. The Bertz CT molecular complexity index is 773. The van der Waals surface area contributed by atoms with Crippen LogP contribution in [0.4, 0.5) is 22.2 Å². The monoisotopic (exact) mass is 412 g/mol. The van der Waals surface area contributed by atoms with Crippen LogP contribution < -0.4 is 9.80 Å². The van der Waals surface area contributed by atoms with Crippen molar-refractivity contribution in [2.45, 2.75) is 13.8 Å². The second-order valence-electron chi connectivity index (χ2n) is 6.55. The molecule has 0 saturated carbocycles. The Kier molecular flexibility index (Phi) is 6.27. The number of nitrogens with zero attached hydrogens (tertiary/aromatic N) is 6. The Morgan fingerprint density at radius 1 is 1.14 bits per heavy atom. The third-order valence-electron chi connectivity index (χ3n) is 4.78. The van der Waals surface area contributed by atoms with Crippen LogP contribution in [0.25, 0.3) is 0 Å². The van der Waals surface area contributed by atoms with Crippen molar-refractivity contribution in [3.63, 3.8) is 0 Å². The van der Waals surface area contributed by atoms with Gasteiger partial charge in [0.1, 0.15) is 5.69 Å². The van der Waals surface area contributed by atoms with Gasteiger partial charge < -0.3 is 19.4 Å². The number of hydrogen-bond acceptors (Lipinski definition) is 9. The Morgan fingerprint density at radius 2 is 1.79 bits per heavy atom. The first kappa shape index (κ1) is 20.2. The molecule has 2 saturated heterocycles. The largest absolute Gasteiger partial charge is 0.450 e. The van der Waals surface area contributed by atoms with Gasteiger partial charge in [0.05, 0.1) is 11.5 Å². The van der Waals surface area contributed by atoms with Crippen LogP contribution in [-0.4, -0.2) is 87.5 Å². The number of nitro groups is 1. The molecule has 0 unspecified atom stereocenters. The van der Waals surface area contributed by atoms with Gasteiger partial charge in [0.25, 0.3) is 0 Å². The number of aromatic nitrogens is 2. The first-order chi connectivity index (χ1) is 13.4.